The van der Waals surface area contributed by atoms with Crippen molar-refractivity contribution in [1.82, 2.24) is 30.1 Å². The maximum Gasteiger partial charge on any atom is 0.410 e. The summed E-state index contributed by atoms with van der Waals surface area (Å²) < 4.78 is 5.42. The number of carbonyl (C=O) groups is 4. The Balaban J connectivity index is 1.51. The maximum atomic E-state index is 14.1. The Kier molecular flexibility index (Phi) is 9.53. The first-order chi connectivity index (χ1) is 19.9. The minimum Gasteiger partial charge on any atom is -0.508 e. The molecule has 3 amide bonds. The van der Waals surface area contributed by atoms with Crippen LogP contribution in [0.2, 0.25) is 0 Å². The van der Waals surface area contributed by atoms with Crippen molar-refractivity contribution < 1.29 is 29.0 Å². The summed E-state index contributed by atoms with van der Waals surface area (Å²) in [6.45, 7) is 7.35. The molecule has 1 aliphatic carbocycles. The number of aromatic nitrogens is 3. The highest BCUT2D eigenvalue weighted by Gasteiger charge is 2.41. The number of likely N-dealkylation sites (N-methyl/N-ethyl adjacent to an activating group) is 1. The zero-order valence-corrected chi connectivity index (χ0v) is 25.1. The fourth-order valence-electron chi connectivity index (χ4n) is 5.53. The molecule has 1 aromatic carbocycles. The minimum absolute atomic E-state index is 0.0248. The molecule has 1 aliphatic heterocycles. The van der Waals surface area contributed by atoms with Crippen molar-refractivity contribution >= 4 is 23.7 Å². The highest BCUT2D eigenvalue weighted by atomic mass is 16.6. The van der Waals surface area contributed by atoms with E-state index < -0.39 is 35.9 Å². The Morgan fingerprint density at radius 1 is 1.10 bits per heavy atom. The summed E-state index contributed by atoms with van der Waals surface area (Å²) in [5, 5.41) is 21.4. The Morgan fingerprint density at radius 2 is 1.81 bits per heavy atom. The number of likely N-dealkylation sites (tertiary alicyclic amines) is 1. The molecule has 3 atom stereocenters. The summed E-state index contributed by atoms with van der Waals surface area (Å²) in [4.78, 5) is 57.3. The summed E-state index contributed by atoms with van der Waals surface area (Å²) >= 11 is 0. The lowest BCUT2D eigenvalue weighted by Gasteiger charge is -2.36. The van der Waals surface area contributed by atoms with Gasteiger partial charge < -0.3 is 20.1 Å². The highest BCUT2D eigenvalue weighted by Crippen LogP contribution is 2.32. The van der Waals surface area contributed by atoms with Gasteiger partial charge in [0, 0.05) is 19.2 Å². The van der Waals surface area contributed by atoms with Gasteiger partial charge in [-0.3, -0.25) is 19.3 Å². The van der Waals surface area contributed by atoms with E-state index in [1.54, 1.807) is 44.7 Å². The van der Waals surface area contributed by atoms with Crippen molar-refractivity contribution in [2.45, 2.75) is 96.5 Å². The van der Waals surface area contributed by atoms with E-state index in [4.69, 9.17) is 4.74 Å². The minimum atomic E-state index is -0.855. The number of hydrogen-bond donors (Lipinski definition) is 2. The number of amides is 3. The molecule has 2 N–H and O–H groups in total. The van der Waals surface area contributed by atoms with Crippen LogP contribution in [0, 0.1) is 5.92 Å². The number of ether oxygens (including phenoxy) is 1. The van der Waals surface area contributed by atoms with Gasteiger partial charge in [-0.05, 0) is 71.4 Å². The fourth-order valence-corrected chi connectivity index (χ4v) is 5.53. The number of hydrogen-bond acceptors (Lipinski definition) is 8. The first-order valence-corrected chi connectivity index (χ1v) is 14.7. The zero-order valence-electron chi connectivity index (χ0n) is 25.1. The van der Waals surface area contributed by atoms with E-state index in [1.807, 2.05) is 0 Å². The quantitative estimate of drug-likeness (QED) is 0.449. The second-order valence-corrected chi connectivity index (χ2v) is 12.2. The van der Waals surface area contributed by atoms with Crippen LogP contribution in [-0.2, 0) is 14.3 Å². The largest absolute Gasteiger partial charge is 0.508 e. The molecule has 2 fully saturated rings. The van der Waals surface area contributed by atoms with Gasteiger partial charge in [0.1, 0.15) is 29.6 Å². The van der Waals surface area contributed by atoms with E-state index in [9.17, 15) is 24.3 Å². The molecule has 1 aromatic heterocycles. The van der Waals surface area contributed by atoms with Crippen molar-refractivity contribution in [2.24, 2.45) is 5.92 Å². The van der Waals surface area contributed by atoms with E-state index in [2.05, 4.69) is 15.5 Å². The number of ketones is 1. The molecule has 228 valence electrons. The predicted octanol–water partition coefficient (Wildman–Crippen LogP) is 3.66. The third-order valence-electron chi connectivity index (χ3n) is 7.95. The van der Waals surface area contributed by atoms with Gasteiger partial charge in [0.15, 0.2) is 5.69 Å². The Labute approximate surface area is 246 Å². The normalized spacial score (nSPS) is 19.2. The average Bonchev–Trinajstić information content (AvgIpc) is 3.64. The summed E-state index contributed by atoms with van der Waals surface area (Å²) in [5.41, 5.74) is -0.316. The highest BCUT2D eigenvalue weighted by molar-refractivity contribution is 6.07. The van der Waals surface area contributed by atoms with E-state index in [-0.39, 0.29) is 34.6 Å². The van der Waals surface area contributed by atoms with Crippen LogP contribution in [0.15, 0.2) is 30.5 Å². The standard InChI is InChI=1S/C30H42N6O6/c1-19(34(5)29(41)42-30(2,3)4)27(39)32-25(20-11-7-6-8-12-20)28(40)35-16-10-15-24(35)36-31-18-23(33-36)26(38)21-13-9-14-22(37)17-21/h9,13-14,17-20,24-25,37H,6-8,10-12,15-16H2,1-5H3,(H,32,39)/t19-,24-,25-/m0/s1. The van der Waals surface area contributed by atoms with E-state index in [0.29, 0.717) is 13.0 Å². The van der Waals surface area contributed by atoms with Crippen LogP contribution in [0.1, 0.15) is 94.9 Å². The Morgan fingerprint density at radius 3 is 2.48 bits per heavy atom. The number of carbonyl (C=O) groups excluding carboxylic acids is 4. The van der Waals surface area contributed by atoms with E-state index >= 15 is 0 Å². The zero-order chi connectivity index (χ0) is 30.6. The number of nitrogens with zero attached hydrogens (tertiary/aromatic N) is 5. The second-order valence-electron chi connectivity index (χ2n) is 12.2. The molecule has 0 spiro atoms. The first kappa shape index (κ1) is 31.0. The molecule has 0 unspecified atom stereocenters. The maximum absolute atomic E-state index is 14.1. The average molecular weight is 583 g/mol. The van der Waals surface area contributed by atoms with Crippen molar-refractivity contribution in [3.05, 3.63) is 41.7 Å². The second kappa shape index (κ2) is 12.9. The van der Waals surface area contributed by atoms with Crippen LogP contribution in [-0.4, -0.2) is 84.9 Å². The van der Waals surface area contributed by atoms with Crippen molar-refractivity contribution in [2.75, 3.05) is 13.6 Å². The van der Waals surface area contributed by atoms with E-state index in [0.717, 1.165) is 38.5 Å². The molecular weight excluding hydrogens is 540 g/mol. The monoisotopic (exact) mass is 582 g/mol. The molecule has 1 saturated heterocycles. The molecule has 0 bridgehead atoms. The van der Waals surface area contributed by atoms with E-state index in [1.165, 1.54) is 35.1 Å². The lowest BCUT2D eigenvalue weighted by Crippen LogP contribution is -2.57. The number of nitrogens with one attached hydrogen (secondary N) is 1. The van der Waals surface area contributed by atoms with Gasteiger partial charge in [0.25, 0.3) is 0 Å². The molecular formula is C30H42N6O6. The van der Waals surface area contributed by atoms with Crippen molar-refractivity contribution in [3.8, 4) is 5.75 Å². The molecule has 0 radical (unpaired) electrons. The summed E-state index contributed by atoms with van der Waals surface area (Å²) in [6, 6.07) is 4.39. The molecule has 42 heavy (non-hydrogen) atoms. The summed E-state index contributed by atoms with van der Waals surface area (Å²) in [5.74, 6) is -1.10. The number of benzene rings is 1. The molecule has 2 aliphatic rings. The van der Waals surface area contributed by atoms with Crippen molar-refractivity contribution in [3.63, 3.8) is 0 Å². The predicted molar refractivity (Wildman–Crippen MR) is 154 cm³/mol. The Bertz CT molecular complexity index is 1300. The van der Waals surface area contributed by atoms with Gasteiger partial charge in [-0.2, -0.15) is 9.90 Å². The van der Waals surface area contributed by atoms with Gasteiger partial charge in [0.2, 0.25) is 17.6 Å². The number of phenolic OH excluding ortho intramolecular Hbond substituents is 1. The van der Waals surface area contributed by atoms with Crippen LogP contribution in [0.4, 0.5) is 4.79 Å². The van der Waals surface area contributed by atoms with Crippen LogP contribution in [0.25, 0.3) is 0 Å². The van der Waals surface area contributed by atoms with Gasteiger partial charge in [0.05, 0.1) is 6.20 Å². The van der Waals surface area contributed by atoms with Crippen LogP contribution >= 0.6 is 0 Å². The number of rotatable bonds is 8. The topological polar surface area (TPSA) is 147 Å². The smallest absolute Gasteiger partial charge is 0.410 e. The lowest BCUT2D eigenvalue weighted by molar-refractivity contribution is -0.141. The number of phenols is 1. The first-order valence-electron chi connectivity index (χ1n) is 14.7. The fraction of sp³-hybridized carbons (Fsp3) is 0.600. The van der Waals surface area contributed by atoms with Gasteiger partial charge >= 0.3 is 6.09 Å². The molecule has 1 saturated carbocycles. The number of aromatic hydroxyl groups is 1. The third-order valence-corrected chi connectivity index (χ3v) is 7.95. The van der Waals surface area contributed by atoms with Crippen LogP contribution < -0.4 is 5.32 Å². The summed E-state index contributed by atoms with van der Waals surface area (Å²) in [6.07, 6.45) is 6.22. The Hall–Kier alpha value is -3.96. The molecule has 12 nitrogen and oxygen atoms in total. The molecule has 2 aromatic rings. The summed E-state index contributed by atoms with van der Waals surface area (Å²) in [7, 11) is 1.51. The van der Waals surface area contributed by atoms with Gasteiger partial charge in [-0.1, -0.05) is 31.4 Å². The molecule has 2 heterocycles. The molecule has 4 rings (SSSR count). The lowest BCUT2D eigenvalue weighted by atomic mass is 9.83. The van der Waals surface area contributed by atoms with Crippen LogP contribution in [0.3, 0.4) is 0 Å². The molecule has 12 heteroatoms. The van der Waals surface area contributed by atoms with Crippen molar-refractivity contribution in [1.29, 1.82) is 0 Å². The van der Waals surface area contributed by atoms with Crippen LogP contribution in [0.5, 0.6) is 5.75 Å². The SMILES string of the molecule is C[C@@H](C(=O)N[C@H](C(=O)N1CCC[C@@H]1n1ncc(C(=O)c2cccc(O)c2)n1)C1CCCCC1)N(C)C(=O)OC(C)(C)C. The van der Waals surface area contributed by atoms with Gasteiger partial charge in [-0.25, -0.2) is 4.79 Å². The van der Waals surface area contributed by atoms with Gasteiger partial charge in [-0.15, -0.1) is 5.10 Å². The third kappa shape index (κ3) is 7.27.